The molecule has 0 atom stereocenters. The smallest absolute Gasteiger partial charge is 0.0886 e. The molecular weight excluding hydrogens is 198 g/mol. The van der Waals surface area contributed by atoms with Crippen molar-refractivity contribution in [2.24, 2.45) is 5.73 Å². The minimum atomic E-state index is -0.250. The zero-order valence-corrected chi connectivity index (χ0v) is 10.6. The molecule has 2 heteroatoms. The fourth-order valence-electron chi connectivity index (χ4n) is 2.17. The lowest BCUT2D eigenvalue weighted by Gasteiger charge is -2.39. The summed E-state index contributed by atoms with van der Waals surface area (Å²) in [5, 5.41) is 0. The molecule has 0 amide bonds. The van der Waals surface area contributed by atoms with Gasteiger partial charge in [-0.3, -0.25) is 0 Å². The Morgan fingerprint density at radius 1 is 1.25 bits per heavy atom. The van der Waals surface area contributed by atoms with Crippen molar-refractivity contribution >= 4 is 0 Å². The summed E-state index contributed by atoms with van der Waals surface area (Å²) < 4.78 is 5.22. The monoisotopic (exact) mass is 219 g/mol. The quantitative estimate of drug-likeness (QED) is 0.787. The van der Waals surface area contributed by atoms with Crippen LogP contribution < -0.4 is 5.73 Å². The first-order valence-corrected chi connectivity index (χ1v) is 5.81. The zero-order chi connectivity index (χ0) is 12.0. The third kappa shape index (κ3) is 1.87. The van der Waals surface area contributed by atoms with E-state index in [2.05, 4.69) is 45.9 Å². The van der Waals surface area contributed by atoms with E-state index in [1.54, 1.807) is 0 Å². The lowest BCUT2D eigenvalue weighted by Crippen LogP contribution is -2.54. The van der Waals surface area contributed by atoms with Gasteiger partial charge in [0.2, 0.25) is 0 Å². The van der Waals surface area contributed by atoms with Gasteiger partial charge in [0.15, 0.2) is 0 Å². The minimum Gasteiger partial charge on any atom is -0.377 e. The van der Waals surface area contributed by atoms with E-state index in [9.17, 15) is 0 Å². The first-order valence-electron chi connectivity index (χ1n) is 5.81. The molecule has 1 heterocycles. The molecule has 0 radical (unpaired) electrons. The van der Waals surface area contributed by atoms with E-state index in [4.69, 9.17) is 10.5 Å². The predicted molar refractivity (Wildman–Crippen MR) is 66.6 cm³/mol. The van der Waals surface area contributed by atoms with Crippen LogP contribution in [0.4, 0.5) is 0 Å². The van der Waals surface area contributed by atoms with E-state index in [1.165, 1.54) is 16.7 Å². The Morgan fingerprint density at radius 3 is 2.25 bits per heavy atom. The fourth-order valence-corrected chi connectivity index (χ4v) is 2.17. The van der Waals surface area contributed by atoms with Crippen LogP contribution >= 0.6 is 0 Å². The van der Waals surface area contributed by atoms with E-state index in [0.717, 1.165) is 0 Å². The number of benzene rings is 1. The second-order valence-electron chi connectivity index (χ2n) is 5.93. The van der Waals surface area contributed by atoms with Crippen molar-refractivity contribution in [3.8, 4) is 0 Å². The largest absolute Gasteiger partial charge is 0.377 e. The summed E-state index contributed by atoms with van der Waals surface area (Å²) in [6.45, 7) is 10.1. The molecule has 0 spiro atoms. The molecule has 16 heavy (non-hydrogen) atoms. The van der Waals surface area contributed by atoms with Gasteiger partial charge in [0.05, 0.1) is 18.8 Å². The second-order valence-corrected chi connectivity index (χ2v) is 5.93. The summed E-state index contributed by atoms with van der Waals surface area (Å²) in [7, 11) is 0. The summed E-state index contributed by atoms with van der Waals surface area (Å²) in [6.07, 6.45) is 0. The van der Waals surface area contributed by atoms with Crippen LogP contribution in [0.3, 0.4) is 0 Å². The van der Waals surface area contributed by atoms with Crippen LogP contribution in [0, 0.1) is 6.92 Å². The minimum absolute atomic E-state index is 0.196. The maximum absolute atomic E-state index is 6.26. The lowest BCUT2D eigenvalue weighted by molar-refractivity contribution is -0.0572. The summed E-state index contributed by atoms with van der Waals surface area (Å²) in [5.74, 6) is 0. The first-order chi connectivity index (χ1) is 7.33. The van der Waals surface area contributed by atoms with Gasteiger partial charge in [-0.05, 0) is 29.0 Å². The third-order valence-electron chi connectivity index (χ3n) is 3.35. The number of hydrogen-bond donors (Lipinski definition) is 1. The Hall–Kier alpha value is -0.860. The van der Waals surface area contributed by atoms with Crippen LogP contribution in [0.5, 0.6) is 0 Å². The average Bonchev–Trinajstić information content (AvgIpc) is 2.12. The molecule has 0 bridgehead atoms. The van der Waals surface area contributed by atoms with Gasteiger partial charge in [-0.1, -0.05) is 39.0 Å². The molecular formula is C14H21NO. The van der Waals surface area contributed by atoms with Gasteiger partial charge in [-0.25, -0.2) is 0 Å². The van der Waals surface area contributed by atoms with E-state index >= 15 is 0 Å². The first kappa shape index (κ1) is 11.6. The highest BCUT2D eigenvalue weighted by Crippen LogP contribution is 2.32. The van der Waals surface area contributed by atoms with Crippen LogP contribution in [0.2, 0.25) is 0 Å². The molecule has 1 aromatic carbocycles. The van der Waals surface area contributed by atoms with Gasteiger partial charge in [-0.2, -0.15) is 0 Å². The number of aryl methyl sites for hydroxylation is 1. The van der Waals surface area contributed by atoms with Gasteiger partial charge in [0.1, 0.15) is 0 Å². The molecule has 2 N–H and O–H groups in total. The summed E-state index contributed by atoms with van der Waals surface area (Å²) in [6, 6.07) is 6.61. The molecule has 1 aliphatic heterocycles. The molecule has 2 nitrogen and oxygen atoms in total. The third-order valence-corrected chi connectivity index (χ3v) is 3.35. The Bertz CT molecular complexity index is 400. The molecule has 88 valence electrons. The van der Waals surface area contributed by atoms with Crippen LogP contribution in [0.15, 0.2) is 18.2 Å². The van der Waals surface area contributed by atoms with E-state index in [1.807, 2.05) is 0 Å². The Kier molecular flexibility index (Phi) is 2.59. The standard InChI is InChI=1S/C14H21NO/c1-10-7-11(13(2,3)4)5-6-12(10)14(15)8-16-9-14/h5-7H,8-9,15H2,1-4H3. The molecule has 1 saturated heterocycles. The number of ether oxygens (including phenoxy) is 1. The molecule has 0 unspecified atom stereocenters. The van der Waals surface area contributed by atoms with Crippen molar-refractivity contribution in [3.05, 3.63) is 34.9 Å². The SMILES string of the molecule is Cc1cc(C(C)(C)C)ccc1C1(N)COC1. The topological polar surface area (TPSA) is 35.2 Å². The van der Waals surface area contributed by atoms with Gasteiger partial charge >= 0.3 is 0 Å². The molecule has 0 aliphatic carbocycles. The summed E-state index contributed by atoms with van der Waals surface area (Å²) in [4.78, 5) is 0. The average molecular weight is 219 g/mol. The highest BCUT2D eigenvalue weighted by Gasteiger charge is 2.37. The van der Waals surface area contributed by atoms with Crippen molar-refractivity contribution in [1.29, 1.82) is 0 Å². The van der Waals surface area contributed by atoms with Crippen molar-refractivity contribution < 1.29 is 4.74 Å². The van der Waals surface area contributed by atoms with Gasteiger partial charge in [-0.15, -0.1) is 0 Å². The Labute approximate surface area is 97.8 Å². The summed E-state index contributed by atoms with van der Waals surface area (Å²) in [5.41, 5.74) is 10.1. The van der Waals surface area contributed by atoms with Crippen molar-refractivity contribution in [2.75, 3.05) is 13.2 Å². The molecule has 1 aliphatic rings. The lowest BCUT2D eigenvalue weighted by atomic mass is 9.81. The van der Waals surface area contributed by atoms with E-state index in [0.29, 0.717) is 13.2 Å². The second kappa shape index (κ2) is 3.57. The van der Waals surface area contributed by atoms with Gasteiger partial charge < -0.3 is 10.5 Å². The molecule has 1 fully saturated rings. The fraction of sp³-hybridized carbons (Fsp3) is 0.571. The number of rotatable bonds is 1. The molecule has 0 saturated carbocycles. The van der Waals surface area contributed by atoms with Gasteiger partial charge in [0.25, 0.3) is 0 Å². The zero-order valence-electron chi connectivity index (χ0n) is 10.6. The Morgan fingerprint density at radius 2 is 1.88 bits per heavy atom. The Balaban J connectivity index is 2.37. The highest BCUT2D eigenvalue weighted by atomic mass is 16.5. The van der Waals surface area contributed by atoms with Crippen LogP contribution in [0.1, 0.15) is 37.5 Å². The molecule has 2 rings (SSSR count). The van der Waals surface area contributed by atoms with Crippen molar-refractivity contribution in [2.45, 2.75) is 38.6 Å². The highest BCUT2D eigenvalue weighted by molar-refractivity contribution is 5.39. The van der Waals surface area contributed by atoms with Crippen LogP contribution in [-0.4, -0.2) is 13.2 Å². The summed E-state index contributed by atoms with van der Waals surface area (Å²) >= 11 is 0. The van der Waals surface area contributed by atoms with Crippen LogP contribution in [-0.2, 0) is 15.7 Å². The van der Waals surface area contributed by atoms with E-state index < -0.39 is 0 Å². The van der Waals surface area contributed by atoms with Gasteiger partial charge in [0, 0.05) is 0 Å². The maximum Gasteiger partial charge on any atom is 0.0886 e. The van der Waals surface area contributed by atoms with Crippen LogP contribution in [0.25, 0.3) is 0 Å². The molecule has 1 aromatic rings. The normalized spacial score (nSPS) is 19.3. The molecule has 0 aromatic heterocycles. The van der Waals surface area contributed by atoms with Crippen molar-refractivity contribution in [3.63, 3.8) is 0 Å². The number of hydrogen-bond acceptors (Lipinski definition) is 2. The maximum atomic E-state index is 6.26. The number of nitrogens with two attached hydrogens (primary N) is 1. The predicted octanol–water partition coefficient (Wildman–Crippen LogP) is 2.48. The van der Waals surface area contributed by atoms with Crippen molar-refractivity contribution in [1.82, 2.24) is 0 Å². The van der Waals surface area contributed by atoms with E-state index in [-0.39, 0.29) is 11.0 Å².